The van der Waals surface area contributed by atoms with Crippen LogP contribution < -0.4 is 5.32 Å². The Kier molecular flexibility index (Phi) is 5.79. The number of carbonyl (C=O) groups excluding carboxylic acids is 1. The maximum Gasteiger partial charge on any atom is 0.318 e. The first kappa shape index (κ1) is 15.3. The second-order valence-corrected chi connectivity index (χ2v) is 6.12. The highest BCUT2D eigenvalue weighted by molar-refractivity contribution is 7.09. The molecule has 0 saturated heterocycles. The highest BCUT2D eigenvalue weighted by atomic mass is 32.1. The molecule has 1 aliphatic rings. The highest BCUT2D eigenvalue weighted by Crippen LogP contribution is 2.33. The summed E-state index contributed by atoms with van der Waals surface area (Å²) in [7, 11) is 1.65. The first-order valence-electron chi connectivity index (χ1n) is 7.17. The summed E-state index contributed by atoms with van der Waals surface area (Å²) in [6.07, 6.45) is 5.24. The standard InChI is InChI=1S/C14H23N3O2S/c1-3-12(11-4-5-11)16-14(18)17(7-8-19-2)10-13-15-6-9-20-13/h6,9,11-12H,3-5,7-8,10H2,1-2H3,(H,16,18)/t12-/m1/s1. The quantitative estimate of drug-likeness (QED) is 0.802. The van der Waals surface area contributed by atoms with Crippen LogP contribution in [0.3, 0.4) is 0 Å². The van der Waals surface area contributed by atoms with Crippen LogP contribution in [-0.2, 0) is 11.3 Å². The van der Waals surface area contributed by atoms with Crippen molar-refractivity contribution in [1.29, 1.82) is 0 Å². The van der Waals surface area contributed by atoms with Crippen molar-refractivity contribution < 1.29 is 9.53 Å². The van der Waals surface area contributed by atoms with Crippen LogP contribution in [-0.4, -0.2) is 42.2 Å². The zero-order chi connectivity index (χ0) is 14.4. The summed E-state index contributed by atoms with van der Waals surface area (Å²) in [5, 5.41) is 6.04. The third-order valence-electron chi connectivity index (χ3n) is 3.60. The molecule has 2 amide bonds. The summed E-state index contributed by atoms with van der Waals surface area (Å²) in [6.45, 7) is 3.81. The maximum absolute atomic E-state index is 12.4. The lowest BCUT2D eigenvalue weighted by Crippen LogP contribution is -2.46. The van der Waals surface area contributed by atoms with E-state index in [-0.39, 0.29) is 6.03 Å². The van der Waals surface area contributed by atoms with Gasteiger partial charge in [0.1, 0.15) is 5.01 Å². The van der Waals surface area contributed by atoms with E-state index in [1.54, 1.807) is 29.5 Å². The Labute approximate surface area is 124 Å². The molecule has 1 N–H and O–H groups in total. The van der Waals surface area contributed by atoms with Crippen LogP contribution in [0.25, 0.3) is 0 Å². The van der Waals surface area contributed by atoms with Crippen molar-refractivity contribution >= 4 is 17.4 Å². The van der Waals surface area contributed by atoms with E-state index >= 15 is 0 Å². The minimum atomic E-state index is -0.00370. The van der Waals surface area contributed by atoms with Crippen molar-refractivity contribution in [3.63, 3.8) is 0 Å². The van der Waals surface area contributed by atoms with Crippen LogP contribution in [0.2, 0.25) is 0 Å². The molecule has 0 aromatic carbocycles. The molecule has 0 radical (unpaired) electrons. The van der Waals surface area contributed by atoms with Gasteiger partial charge in [0.25, 0.3) is 0 Å². The Balaban J connectivity index is 1.91. The third-order valence-corrected chi connectivity index (χ3v) is 4.37. The number of rotatable bonds is 8. The molecule has 0 spiro atoms. The summed E-state index contributed by atoms with van der Waals surface area (Å²) >= 11 is 1.57. The molecule has 0 bridgehead atoms. The van der Waals surface area contributed by atoms with Gasteiger partial charge in [0.15, 0.2) is 0 Å². The Hall–Kier alpha value is -1.14. The number of amides is 2. The van der Waals surface area contributed by atoms with Gasteiger partial charge < -0.3 is 15.0 Å². The fraction of sp³-hybridized carbons (Fsp3) is 0.714. The van der Waals surface area contributed by atoms with Crippen LogP contribution in [0.1, 0.15) is 31.2 Å². The number of carbonyl (C=O) groups is 1. The Morgan fingerprint density at radius 2 is 2.45 bits per heavy atom. The molecule has 1 fully saturated rings. The molecular formula is C14H23N3O2S. The van der Waals surface area contributed by atoms with Gasteiger partial charge in [-0.05, 0) is 25.2 Å². The second-order valence-electron chi connectivity index (χ2n) is 5.14. The third kappa shape index (κ3) is 4.45. The molecule has 1 aliphatic carbocycles. The summed E-state index contributed by atoms with van der Waals surface area (Å²) in [5.74, 6) is 0.674. The minimum Gasteiger partial charge on any atom is -0.383 e. The Morgan fingerprint density at radius 3 is 3.00 bits per heavy atom. The average Bonchev–Trinajstić information content (AvgIpc) is 3.17. The molecule has 1 aromatic rings. The molecule has 0 unspecified atom stereocenters. The van der Waals surface area contributed by atoms with Gasteiger partial charge in [-0.3, -0.25) is 0 Å². The van der Waals surface area contributed by atoms with Crippen LogP contribution >= 0.6 is 11.3 Å². The molecule has 1 aromatic heterocycles. The number of urea groups is 1. The van der Waals surface area contributed by atoms with E-state index in [9.17, 15) is 4.79 Å². The van der Waals surface area contributed by atoms with E-state index in [0.717, 1.165) is 11.4 Å². The van der Waals surface area contributed by atoms with Gasteiger partial charge in [-0.1, -0.05) is 6.92 Å². The van der Waals surface area contributed by atoms with Gasteiger partial charge in [-0.15, -0.1) is 11.3 Å². The number of nitrogens with one attached hydrogen (secondary N) is 1. The van der Waals surface area contributed by atoms with Crippen molar-refractivity contribution in [2.75, 3.05) is 20.3 Å². The van der Waals surface area contributed by atoms with Gasteiger partial charge in [0.05, 0.1) is 13.2 Å². The lowest BCUT2D eigenvalue weighted by Gasteiger charge is -2.25. The molecule has 1 heterocycles. The maximum atomic E-state index is 12.4. The molecule has 112 valence electrons. The number of nitrogens with zero attached hydrogens (tertiary/aromatic N) is 2. The SMILES string of the molecule is CC[C@@H](NC(=O)N(CCOC)Cc1nccs1)C1CC1. The summed E-state index contributed by atoms with van der Waals surface area (Å²) in [6, 6.07) is 0.305. The number of methoxy groups -OCH3 is 1. The van der Waals surface area contributed by atoms with E-state index in [1.165, 1.54) is 12.8 Å². The minimum absolute atomic E-state index is 0.00370. The smallest absolute Gasteiger partial charge is 0.318 e. The first-order valence-corrected chi connectivity index (χ1v) is 8.05. The van der Waals surface area contributed by atoms with E-state index in [2.05, 4.69) is 17.2 Å². The zero-order valence-electron chi connectivity index (χ0n) is 12.2. The number of aromatic nitrogens is 1. The van der Waals surface area contributed by atoms with Gasteiger partial charge in [0, 0.05) is 31.3 Å². The van der Waals surface area contributed by atoms with Crippen molar-refractivity contribution in [3.8, 4) is 0 Å². The van der Waals surface area contributed by atoms with Gasteiger partial charge in [0.2, 0.25) is 0 Å². The van der Waals surface area contributed by atoms with Crippen molar-refractivity contribution in [1.82, 2.24) is 15.2 Å². The summed E-state index contributed by atoms with van der Waals surface area (Å²) in [4.78, 5) is 18.4. The molecule has 6 heteroatoms. The van der Waals surface area contributed by atoms with E-state index in [4.69, 9.17) is 4.74 Å². The lowest BCUT2D eigenvalue weighted by molar-refractivity contribution is 0.144. The van der Waals surface area contributed by atoms with Crippen LogP contribution in [0, 0.1) is 5.92 Å². The van der Waals surface area contributed by atoms with Crippen LogP contribution in [0.4, 0.5) is 4.79 Å². The normalized spacial score (nSPS) is 15.9. The van der Waals surface area contributed by atoms with Crippen LogP contribution in [0.5, 0.6) is 0 Å². The highest BCUT2D eigenvalue weighted by Gasteiger charge is 2.31. The topological polar surface area (TPSA) is 54.5 Å². The second kappa shape index (κ2) is 7.59. The number of hydrogen-bond donors (Lipinski definition) is 1. The predicted octanol–water partition coefficient (Wildman–Crippen LogP) is 2.49. The largest absolute Gasteiger partial charge is 0.383 e. The summed E-state index contributed by atoms with van der Waals surface area (Å²) < 4.78 is 5.09. The lowest BCUT2D eigenvalue weighted by atomic mass is 10.1. The Bertz CT molecular complexity index is 407. The molecule has 2 rings (SSSR count). The molecule has 20 heavy (non-hydrogen) atoms. The number of thiazole rings is 1. The van der Waals surface area contributed by atoms with Crippen molar-refractivity contribution in [3.05, 3.63) is 16.6 Å². The average molecular weight is 297 g/mol. The number of hydrogen-bond acceptors (Lipinski definition) is 4. The van der Waals surface area contributed by atoms with Gasteiger partial charge in [-0.2, -0.15) is 0 Å². The van der Waals surface area contributed by atoms with Crippen LogP contribution in [0.15, 0.2) is 11.6 Å². The van der Waals surface area contributed by atoms with E-state index in [0.29, 0.717) is 31.7 Å². The van der Waals surface area contributed by atoms with Crippen molar-refractivity contribution in [2.45, 2.75) is 38.8 Å². The fourth-order valence-electron chi connectivity index (χ4n) is 2.25. The van der Waals surface area contributed by atoms with Gasteiger partial charge in [-0.25, -0.2) is 9.78 Å². The molecule has 0 aliphatic heterocycles. The fourth-order valence-corrected chi connectivity index (χ4v) is 2.88. The van der Waals surface area contributed by atoms with E-state index in [1.807, 2.05) is 5.38 Å². The molecule has 1 atom stereocenters. The van der Waals surface area contributed by atoms with Gasteiger partial charge >= 0.3 is 6.03 Å². The van der Waals surface area contributed by atoms with Crippen molar-refractivity contribution in [2.24, 2.45) is 5.92 Å². The molecule has 1 saturated carbocycles. The zero-order valence-corrected chi connectivity index (χ0v) is 13.0. The Morgan fingerprint density at radius 1 is 1.65 bits per heavy atom. The monoisotopic (exact) mass is 297 g/mol. The summed E-state index contributed by atoms with van der Waals surface area (Å²) in [5.41, 5.74) is 0. The van der Waals surface area contributed by atoms with E-state index < -0.39 is 0 Å². The predicted molar refractivity (Wildman–Crippen MR) is 79.7 cm³/mol. The molecule has 5 nitrogen and oxygen atoms in total. The molecular weight excluding hydrogens is 274 g/mol. The first-order chi connectivity index (χ1) is 9.74. The number of ether oxygens (including phenoxy) is 1.